The maximum atomic E-state index is 3.21. The number of hydrogen-bond donors (Lipinski definition) is 2. The van der Waals surface area contributed by atoms with Gasteiger partial charge in [0.15, 0.2) is 0 Å². The average Bonchev–Trinajstić information content (AvgIpc) is 2.45. The Morgan fingerprint density at radius 1 is 0.722 bits per heavy atom. The molecule has 2 N–H and O–H groups in total. The van der Waals surface area contributed by atoms with Gasteiger partial charge in [-0.2, -0.15) is 0 Å². The van der Waals surface area contributed by atoms with E-state index < -0.39 is 0 Å². The van der Waals surface area contributed by atoms with Crippen molar-refractivity contribution in [3.63, 3.8) is 0 Å². The molecule has 3 rings (SSSR count). The molecule has 1 aliphatic carbocycles. The molecule has 0 unspecified atom stereocenters. The summed E-state index contributed by atoms with van der Waals surface area (Å²) >= 11 is 0. The first-order valence-electron chi connectivity index (χ1n) is 6.43. The highest BCUT2D eigenvalue weighted by Crippen LogP contribution is 2.36. The van der Waals surface area contributed by atoms with Gasteiger partial charge < -0.3 is 10.6 Å². The largest absolute Gasteiger partial charge is 0.388 e. The van der Waals surface area contributed by atoms with Gasteiger partial charge in [0.05, 0.1) is 0 Å². The van der Waals surface area contributed by atoms with Crippen molar-refractivity contribution in [2.24, 2.45) is 0 Å². The van der Waals surface area contributed by atoms with Crippen LogP contribution in [0.1, 0.15) is 11.1 Å². The minimum atomic E-state index is 1.13. The smallest absolute Gasteiger partial charge is 0.0340 e. The zero-order valence-electron chi connectivity index (χ0n) is 10.9. The van der Waals surface area contributed by atoms with E-state index in [4.69, 9.17) is 0 Å². The van der Waals surface area contributed by atoms with Crippen LogP contribution >= 0.6 is 0 Å². The highest BCUT2D eigenvalue weighted by Gasteiger charge is 2.16. The van der Waals surface area contributed by atoms with Crippen LogP contribution < -0.4 is 10.6 Å². The Bertz CT molecular complexity index is 534. The standard InChI is InChI=1S/C16H18N2/c1-17-13-5-7-15-11(9-13)3-4-12-10-14(18-2)6-8-16(12)15/h5-10,17-18H,3-4H2,1-2H3. The van der Waals surface area contributed by atoms with Crippen LogP contribution in [0, 0.1) is 0 Å². The molecule has 2 nitrogen and oxygen atoms in total. The van der Waals surface area contributed by atoms with Gasteiger partial charge in [-0.3, -0.25) is 0 Å². The van der Waals surface area contributed by atoms with E-state index >= 15 is 0 Å². The lowest BCUT2D eigenvalue weighted by molar-refractivity contribution is 0.942. The minimum absolute atomic E-state index is 1.13. The predicted molar refractivity (Wildman–Crippen MR) is 78.4 cm³/mol. The van der Waals surface area contributed by atoms with Gasteiger partial charge in [-0.1, -0.05) is 12.1 Å². The average molecular weight is 238 g/mol. The number of anilines is 2. The fourth-order valence-corrected chi connectivity index (χ4v) is 2.71. The highest BCUT2D eigenvalue weighted by molar-refractivity contribution is 5.76. The van der Waals surface area contributed by atoms with E-state index in [1.807, 2.05) is 14.1 Å². The quantitative estimate of drug-likeness (QED) is 0.836. The Labute approximate surface area is 108 Å². The molecule has 0 atom stereocenters. The first-order valence-corrected chi connectivity index (χ1v) is 6.43. The molecule has 1 aliphatic rings. The molecule has 2 aromatic carbocycles. The Kier molecular flexibility index (Phi) is 2.71. The maximum absolute atomic E-state index is 3.21. The molecular weight excluding hydrogens is 220 g/mol. The van der Waals surface area contributed by atoms with E-state index in [9.17, 15) is 0 Å². The SMILES string of the molecule is CNc1ccc2c(c1)CCc1cc(NC)ccc1-2. The van der Waals surface area contributed by atoms with E-state index in [2.05, 4.69) is 47.0 Å². The van der Waals surface area contributed by atoms with Gasteiger partial charge in [0.2, 0.25) is 0 Å². The van der Waals surface area contributed by atoms with Crippen molar-refractivity contribution in [3.8, 4) is 11.1 Å². The molecule has 0 fully saturated rings. The van der Waals surface area contributed by atoms with Crippen LogP contribution in [-0.2, 0) is 12.8 Å². The number of fused-ring (bicyclic) bond motifs is 3. The summed E-state index contributed by atoms with van der Waals surface area (Å²) in [5.74, 6) is 0. The Morgan fingerprint density at radius 3 is 1.56 bits per heavy atom. The normalized spacial score (nSPS) is 12.6. The lowest BCUT2D eigenvalue weighted by Crippen LogP contribution is -2.05. The molecule has 0 amide bonds. The van der Waals surface area contributed by atoms with Gasteiger partial charge in [0.1, 0.15) is 0 Å². The van der Waals surface area contributed by atoms with E-state index in [1.165, 1.54) is 33.6 Å². The molecule has 2 heteroatoms. The van der Waals surface area contributed by atoms with Crippen LogP contribution in [0.2, 0.25) is 0 Å². The monoisotopic (exact) mass is 238 g/mol. The summed E-state index contributed by atoms with van der Waals surface area (Å²) in [6.45, 7) is 0. The van der Waals surface area contributed by atoms with E-state index in [0.29, 0.717) is 0 Å². The fraction of sp³-hybridized carbons (Fsp3) is 0.250. The topological polar surface area (TPSA) is 24.1 Å². The van der Waals surface area contributed by atoms with Gasteiger partial charge in [0, 0.05) is 25.5 Å². The molecule has 0 bridgehead atoms. The second kappa shape index (κ2) is 4.37. The minimum Gasteiger partial charge on any atom is -0.388 e. The molecule has 2 aromatic rings. The summed E-state index contributed by atoms with van der Waals surface area (Å²) in [5, 5.41) is 6.42. The van der Waals surface area contributed by atoms with E-state index in [-0.39, 0.29) is 0 Å². The van der Waals surface area contributed by atoms with Crippen LogP contribution in [0.25, 0.3) is 11.1 Å². The Hall–Kier alpha value is -1.96. The van der Waals surface area contributed by atoms with Gasteiger partial charge in [0.25, 0.3) is 0 Å². The Balaban J connectivity index is 2.11. The second-order valence-corrected chi connectivity index (χ2v) is 4.74. The first-order chi connectivity index (χ1) is 8.81. The van der Waals surface area contributed by atoms with Crippen molar-refractivity contribution in [2.75, 3.05) is 24.7 Å². The molecule has 0 saturated carbocycles. The zero-order valence-corrected chi connectivity index (χ0v) is 10.9. The Morgan fingerprint density at radius 2 is 1.17 bits per heavy atom. The van der Waals surface area contributed by atoms with Gasteiger partial charge in [-0.15, -0.1) is 0 Å². The molecule has 92 valence electrons. The predicted octanol–water partition coefficient (Wildman–Crippen LogP) is 3.54. The van der Waals surface area contributed by atoms with Crippen LogP contribution in [0.5, 0.6) is 0 Å². The lowest BCUT2D eigenvalue weighted by atomic mass is 9.85. The highest BCUT2D eigenvalue weighted by atomic mass is 14.8. The molecule has 0 saturated heterocycles. The summed E-state index contributed by atoms with van der Waals surface area (Å²) in [7, 11) is 3.94. The summed E-state index contributed by atoms with van der Waals surface area (Å²) in [4.78, 5) is 0. The molecular formula is C16H18N2. The maximum Gasteiger partial charge on any atom is 0.0340 e. The zero-order chi connectivity index (χ0) is 12.5. The second-order valence-electron chi connectivity index (χ2n) is 4.74. The molecule has 0 aliphatic heterocycles. The van der Waals surface area contributed by atoms with Crippen molar-refractivity contribution in [2.45, 2.75) is 12.8 Å². The number of rotatable bonds is 2. The van der Waals surface area contributed by atoms with Crippen molar-refractivity contribution in [1.29, 1.82) is 0 Å². The summed E-state index contributed by atoms with van der Waals surface area (Å²) in [5.41, 5.74) is 8.07. The van der Waals surface area contributed by atoms with Crippen molar-refractivity contribution >= 4 is 11.4 Å². The van der Waals surface area contributed by atoms with Crippen LogP contribution in [0.3, 0.4) is 0 Å². The lowest BCUT2D eigenvalue weighted by Gasteiger charge is -2.21. The third kappa shape index (κ3) is 1.74. The van der Waals surface area contributed by atoms with Crippen molar-refractivity contribution in [1.82, 2.24) is 0 Å². The van der Waals surface area contributed by atoms with Crippen LogP contribution in [0.4, 0.5) is 11.4 Å². The van der Waals surface area contributed by atoms with Gasteiger partial charge >= 0.3 is 0 Å². The van der Waals surface area contributed by atoms with Crippen LogP contribution in [0.15, 0.2) is 36.4 Å². The number of nitrogens with one attached hydrogen (secondary N) is 2. The van der Waals surface area contributed by atoms with Crippen molar-refractivity contribution in [3.05, 3.63) is 47.5 Å². The summed E-state index contributed by atoms with van der Waals surface area (Å²) in [6, 6.07) is 13.3. The van der Waals surface area contributed by atoms with E-state index in [0.717, 1.165) is 12.8 Å². The summed E-state index contributed by atoms with van der Waals surface area (Å²) in [6.07, 6.45) is 2.26. The molecule has 0 spiro atoms. The van der Waals surface area contributed by atoms with E-state index in [1.54, 1.807) is 0 Å². The number of aryl methyl sites for hydroxylation is 2. The third-order valence-corrected chi connectivity index (χ3v) is 3.74. The number of hydrogen-bond acceptors (Lipinski definition) is 2. The van der Waals surface area contributed by atoms with Crippen molar-refractivity contribution < 1.29 is 0 Å². The van der Waals surface area contributed by atoms with Gasteiger partial charge in [-0.25, -0.2) is 0 Å². The molecule has 0 radical (unpaired) electrons. The third-order valence-electron chi connectivity index (χ3n) is 3.74. The molecule has 0 aromatic heterocycles. The van der Waals surface area contributed by atoms with Crippen LogP contribution in [-0.4, -0.2) is 14.1 Å². The fourth-order valence-electron chi connectivity index (χ4n) is 2.71. The molecule has 18 heavy (non-hydrogen) atoms. The summed E-state index contributed by atoms with van der Waals surface area (Å²) < 4.78 is 0. The molecule has 0 heterocycles. The number of benzene rings is 2. The first kappa shape index (κ1) is 11.1. The van der Waals surface area contributed by atoms with Gasteiger partial charge in [-0.05, 0) is 59.4 Å².